The molecule has 0 aliphatic carbocycles. The lowest BCUT2D eigenvalue weighted by atomic mass is 10.0. The molecule has 3 nitrogen and oxygen atoms in total. The van der Waals surface area contributed by atoms with Gasteiger partial charge in [0, 0.05) is 0 Å². The summed E-state index contributed by atoms with van der Waals surface area (Å²) in [7, 11) is 0. The molecule has 0 saturated heterocycles. The predicted molar refractivity (Wildman–Crippen MR) is 46.6 cm³/mol. The van der Waals surface area contributed by atoms with E-state index in [4.69, 9.17) is 0 Å². The molecule has 0 unspecified atom stereocenters. The van der Waals surface area contributed by atoms with E-state index < -0.39 is 12.1 Å². The minimum atomic E-state index is -0.802. The molecule has 0 heterocycles. The third kappa shape index (κ3) is 3.05. The maximum atomic E-state index is 11.0. The maximum Gasteiger partial charge on any atom is 0.336 e. The number of carbonyl (C=O) groups excluding carboxylic acids is 1. The minimum Gasteiger partial charge on any atom is -0.463 e. The highest BCUT2D eigenvalue weighted by molar-refractivity contribution is 5.88. The Bertz CT molecular complexity index is 173. The van der Waals surface area contributed by atoms with Crippen LogP contribution in [-0.2, 0) is 9.53 Å². The van der Waals surface area contributed by atoms with Crippen LogP contribution in [0.3, 0.4) is 0 Å². The van der Waals surface area contributed by atoms with E-state index in [1.807, 2.05) is 13.8 Å². The van der Waals surface area contributed by atoms with Crippen LogP contribution >= 0.6 is 0 Å². The number of hydrogen-bond donors (Lipinski definition) is 1. The van der Waals surface area contributed by atoms with Gasteiger partial charge in [-0.1, -0.05) is 20.4 Å². The third-order valence-corrected chi connectivity index (χ3v) is 1.53. The normalized spacial score (nSPS) is 12.8. The summed E-state index contributed by atoms with van der Waals surface area (Å²) in [4.78, 5) is 11.0. The number of aliphatic hydroxyl groups excluding tert-OH is 1. The van der Waals surface area contributed by atoms with Crippen molar-refractivity contribution in [2.75, 3.05) is 6.61 Å². The summed E-state index contributed by atoms with van der Waals surface area (Å²) in [6.07, 6.45) is -0.802. The fourth-order valence-corrected chi connectivity index (χ4v) is 0.747. The molecule has 3 heteroatoms. The van der Waals surface area contributed by atoms with Gasteiger partial charge in [-0.25, -0.2) is 4.79 Å². The quantitative estimate of drug-likeness (QED) is 0.510. The number of hydrogen-bond acceptors (Lipinski definition) is 3. The second kappa shape index (κ2) is 4.93. The zero-order valence-electron chi connectivity index (χ0n) is 7.83. The van der Waals surface area contributed by atoms with Crippen LogP contribution in [0.5, 0.6) is 0 Å². The Morgan fingerprint density at radius 1 is 1.58 bits per heavy atom. The van der Waals surface area contributed by atoms with Crippen LogP contribution in [0.2, 0.25) is 0 Å². The van der Waals surface area contributed by atoms with E-state index in [2.05, 4.69) is 11.3 Å². The Morgan fingerprint density at radius 2 is 2.08 bits per heavy atom. The molecule has 0 amide bonds. The average Bonchev–Trinajstić information content (AvgIpc) is 2.02. The first-order valence-electron chi connectivity index (χ1n) is 4.04. The van der Waals surface area contributed by atoms with Crippen molar-refractivity contribution in [3.8, 4) is 0 Å². The van der Waals surface area contributed by atoms with Crippen molar-refractivity contribution in [1.29, 1.82) is 0 Å². The van der Waals surface area contributed by atoms with Crippen molar-refractivity contribution < 1.29 is 14.6 Å². The van der Waals surface area contributed by atoms with E-state index in [-0.39, 0.29) is 11.5 Å². The largest absolute Gasteiger partial charge is 0.463 e. The van der Waals surface area contributed by atoms with Gasteiger partial charge in [0.1, 0.15) is 0 Å². The molecule has 1 N–H and O–H groups in total. The number of carbonyl (C=O) groups is 1. The van der Waals surface area contributed by atoms with Gasteiger partial charge in [-0.15, -0.1) is 0 Å². The number of esters is 1. The van der Waals surface area contributed by atoms with Crippen LogP contribution in [-0.4, -0.2) is 23.8 Å². The summed E-state index contributed by atoms with van der Waals surface area (Å²) in [6, 6.07) is 0. The molecular weight excluding hydrogens is 156 g/mol. The standard InChI is InChI=1S/C9H16O3/c1-5-12-9(11)7(4)8(10)6(2)3/h6,8,10H,4-5H2,1-3H3/t8-/m1/s1. The fourth-order valence-electron chi connectivity index (χ4n) is 0.747. The van der Waals surface area contributed by atoms with Crippen molar-refractivity contribution in [3.05, 3.63) is 12.2 Å². The van der Waals surface area contributed by atoms with Crippen molar-refractivity contribution in [2.24, 2.45) is 5.92 Å². The van der Waals surface area contributed by atoms with Gasteiger partial charge in [-0.2, -0.15) is 0 Å². The van der Waals surface area contributed by atoms with Gasteiger partial charge in [0.2, 0.25) is 0 Å². The van der Waals surface area contributed by atoms with Crippen molar-refractivity contribution in [1.82, 2.24) is 0 Å². The van der Waals surface area contributed by atoms with Gasteiger partial charge in [0.15, 0.2) is 0 Å². The lowest BCUT2D eigenvalue weighted by molar-refractivity contribution is -0.139. The molecule has 0 spiro atoms. The van der Waals surface area contributed by atoms with E-state index >= 15 is 0 Å². The Hall–Kier alpha value is -0.830. The Labute approximate surface area is 73.0 Å². The monoisotopic (exact) mass is 172 g/mol. The second-order valence-corrected chi connectivity index (χ2v) is 2.93. The molecule has 0 saturated carbocycles. The molecular formula is C9H16O3. The molecule has 0 aromatic rings. The zero-order chi connectivity index (χ0) is 9.72. The van der Waals surface area contributed by atoms with Gasteiger partial charge in [-0.05, 0) is 12.8 Å². The summed E-state index contributed by atoms with van der Waals surface area (Å²) in [5, 5.41) is 9.39. The van der Waals surface area contributed by atoms with E-state index in [9.17, 15) is 9.90 Å². The van der Waals surface area contributed by atoms with Crippen molar-refractivity contribution >= 4 is 5.97 Å². The van der Waals surface area contributed by atoms with Crippen LogP contribution < -0.4 is 0 Å². The second-order valence-electron chi connectivity index (χ2n) is 2.93. The van der Waals surface area contributed by atoms with E-state index in [1.54, 1.807) is 6.92 Å². The molecule has 0 aromatic carbocycles. The lowest BCUT2D eigenvalue weighted by Crippen LogP contribution is -2.23. The molecule has 1 atom stereocenters. The van der Waals surface area contributed by atoms with Gasteiger partial charge < -0.3 is 9.84 Å². The van der Waals surface area contributed by atoms with E-state index in [1.165, 1.54) is 0 Å². The Morgan fingerprint density at radius 3 is 2.42 bits per heavy atom. The van der Waals surface area contributed by atoms with Crippen molar-refractivity contribution in [3.63, 3.8) is 0 Å². The summed E-state index contributed by atoms with van der Waals surface area (Å²) in [6.45, 7) is 9.12. The lowest BCUT2D eigenvalue weighted by Gasteiger charge is -2.15. The van der Waals surface area contributed by atoms with Crippen LogP contribution in [0, 0.1) is 5.92 Å². The summed E-state index contributed by atoms with van der Waals surface area (Å²) >= 11 is 0. The molecule has 0 aliphatic rings. The first kappa shape index (κ1) is 11.2. The van der Waals surface area contributed by atoms with E-state index in [0.29, 0.717) is 6.61 Å². The first-order valence-corrected chi connectivity index (χ1v) is 4.04. The predicted octanol–water partition coefficient (Wildman–Crippen LogP) is 1.12. The van der Waals surface area contributed by atoms with Gasteiger partial charge >= 0.3 is 5.97 Å². The zero-order valence-corrected chi connectivity index (χ0v) is 7.83. The smallest absolute Gasteiger partial charge is 0.336 e. The summed E-state index contributed by atoms with van der Waals surface area (Å²) in [5.41, 5.74) is 0.131. The SMILES string of the molecule is C=C(C(=O)OCC)[C@H](O)C(C)C. The molecule has 0 aromatic heterocycles. The van der Waals surface area contributed by atoms with Gasteiger partial charge in [0.25, 0.3) is 0 Å². The highest BCUT2D eigenvalue weighted by Gasteiger charge is 2.19. The Balaban J connectivity index is 4.10. The summed E-state index contributed by atoms with van der Waals surface area (Å²) < 4.78 is 4.68. The van der Waals surface area contributed by atoms with Crippen LogP contribution in [0.15, 0.2) is 12.2 Å². The highest BCUT2D eigenvalue weighted by atomic mass is 16.5. The van der Waals surface area contributed by atoms with Crippen molar-refractivity contribution in [2.45, 2.75) is 26.9 Å². The number of ether oxygens (including phenoxy) is 1. The summed E-state index contributed by atoms with van der Waals surface area (Å²) in [5.74, 6) is -0.527. The molecule has 0 fully saturated rings. The highest BCUT2D eigenvalue weighted by Crippen LogP contribution is 2.11. The van der Waals surface area contributed by atoms with Gasteiger partial charge in [-0.3, -0.25) is 0 Å². The maximum absolute atomic E-state index is 11.0. The topological polar surface area (TPSA) is 46.5 Å². The van der Waals surface area contributed by atoms with Crippen LogP contribution in [0.25, 0.3) is 0 Å². The Kier molecular flexibility index (Phi) is 4.59. The van der Waals surface area contributed by atoms with Crippen LogP contribution in [0.1, 0.15) is 20.8 Å². The average molecular weight is 172 g/mol. The first-order chi connectivity index (χ1) is 5.50. The molecule has 12 heavy (non-hydrogen) atoms. The van der Waals surface area contributed by atoms with Gasteiger partial charge in [0.05, 0.1) is 18.3 Å². The molecule has 0 bridgehead atoms. The number of rotatable bonds is 4. The van der Waals surface area contributed by atoms with E-state index in [0.717, 1.165) is 0 Å². The fraction of sp³-hybridized carbons (Fsp3) is 0.667. The van der Waals surface area contributed by atoms with Crippen LogP contribution in [0.4, 0.5) is 0 Å². The molecule has 0 rings (SSSR count). The molecule has 0 aliphatic heterocycles. The minimum absolute atomic E-state index is 0.0121. The molecule has 70 valence electrons. The molecule has 0 radical (unpaired) electrons. The number of aliphatic hydroxyl groups is 1. The third-order valence-electron chi connectivity index (χ3n) is 1.53.